The molecule has 0 radical (unpaired) electrons. The standard InChI is InChI=1S/C43H29N3/c1-4-12-30(13-5-1)32-19-23-35(24-20-32)41-39-29-37(31-14-6-2-7-15-31)28-38(33-16-8-3-9-17-33)42(39)46-43(45-41)36-25-21-34(22-26-36)40-18-10-11-27-44-40/h1-29H. The molecule has 0 bridgehead atoms. The summed E-state index contributed by atoms with van der Waals surface area (Å²) in [5.41, 5.74) is 12.7. The summed E-state index contributed by atoms with van der Waals surface area (Å²) in [4.78, 5) is 15.1. The van der Waals surface area contributed by atoms with Crippen LogP contribution < -0.4 is 0 Å². The largest absolute Gasteiger partial charge is 0.256 e. The summed E-state index contributed by atoms with van der Waals surface area (Å²) in [6, 6.07) is 59.1. The summed E-state index contributed by atoms with van der Waals surface area (Å²) in [6.07, 6.45) is 1.82. The lowest BCUT2D eigenvalue weighted by Gasteiger charge is -2.16. The summed E-state index contributed by atoms with van der Waals surface area (Å²) in [6.45, 7) is 0. The molecule has 8 aromatic rings. The van der Waals surface area contributed by atoms with Gasteiger partial charge in [-0.15, -0.1) is 0 Å². The second-order valence-electron chi connectivity index (χ2n) is 11.3. The zero-order chi connectivity index (χ0) is 30.7. The molecule has 0 aliphatic carbocycles. The van der Waals surface area contributed by atoms with Crippen LogP contribution >= 0.6 is 0 Å². The maximum absolute atomic E-state index is 5.29. The molecule has 3 nitrogen and oxygen atoms in total. The Morgan fingerprint density at radius 1 is 0.348 bits per heavy atom. The van der Waals surface area contributed by atoms with E-state index in [1.807, 2.05) is 30.5 Å². The minimum Gasteiger partial charge on any atom is -0.256 e. The van der Waals surface area contributed by atoms with Crippen molar-refractivity contribution in [1.82, 2.24) is 15.0 Å². The van der Waals surface area contributed by atoms with Crippen molar-refractivity contribution in [2.75, 3.05) is 0 Å². The van der Waals surface area contributed by atoms with E-state index in [4.69, 9.17) is 9.97 Å². The molecule has 0 aliphatic rings. The topological polar surface area (TPSA) is 38.7 Å². The van der Waals surface area contributed by atoms with E-state index >= 15 is 0 Å². The average Bonchev–Trinajstić information content (AvgIpc) is 3.15. The molecule has 0 N–H and O–H groups in total. The zero-order valence-corrected chi connectivity index (χ0v) is 25.1. The van der Waals surface area contributed by atoms with E-state index in [1.165, 1.54) is 11.1 Å². The average molecular weight is 588 g/mol. The third kappa shape index (κ3) is 5.36. The maximum Gasteiger partial charge on any atom is 0.160 e. The van der Waals surface area contributed by atoms with E-state index in [-0.39, 0.29) is 0 Å². The van der Waals surface area contributed by atoms with Gasteiger partial charge in [0.25, 0.3) is 0 Å². The number of aromatic nitrogens is 3. The fourth-order valence-electron chi connectivity index (χ4n) is 5.99. The number of fused-ring (bicyclic) bond motifs is 1. The molecule has 2 aromatic heterocycles. The van der Waals surface area contributed by atoms with Crippen LogP contribution in [0.1, 0.15) is 0 Å². The quantitative estimate of drug-likeness (QED) is 0.194. The smallest absolute Gasteiger partial charge is 0.160 e. The van der Waals surface area contributed by atoms with Crippen molar-refractivity contribution in [2.45, 2.75) is 0 Å². The molecule has 0 amide bonds. The number of nitrogens with zero attached hydrogens (tertiary/aromatic N) is 3. The lowest BCUT2D eigenvalue weighted by Crippen LogP contribution is -1.98. The minimum absolute atomic E-state index is 0.687. The first-order valence-electron chi connectivity index (χ1n) is 15.4. The highest BCUT2D eigenvalue weighted by Crippen LogP contribution is 2.39. The van der Waals surface area contributed by atoms with Crippen molar-refractivity contribution < 1.29 is 0 Å². The summed E-state index contributed by atoms with van der Waals surface area (Å²) in [5.74, 6) is 0.687. The Balaban J connectivity index is 1.36. The molecule has 0 atom stereocenters. The Morgan fingerprint density at radius 3 is 1.50 bits per heavy atom. The minimum atomic E-state index is 0.687. The SMILES string of the molecule is c1ccc(-c2ccc(-c3nc(-c4ccc(-c5ccccn5)cc4)nc4c(-c5ccccc5)cc(-c5ccccc5)cc34)cc2)cc1. The molecule has 8 rings (SSSR count). The normalized spacial score (nSPS) is 11.0. The number of rotatable bonds is 6. The molecular formula is C43H29N3. The number of hydrogen-bond donors (Lipinski definition) is 0. The monoisotopic (exact) mass is 587 g/mol. The van der Waals surface area contributed by atoms with Crippen molar-refractivity contribution in [1.29, 1.82) is 0 Å². The van der Waals surface area contributed by atoms with Gasteiger partial charge in [0.05, 0.1) is 16.9 Å². The number of pyridine rings is 1. The van der Waals surface area contributed by atoms with Crippen LogP contribution in [-0.2, 0) is 0 Å². The van der Waals surface area contributed by atoms with E-state index in [0.717, 1.165) is 61.2 Å². The number of benzene rings is 6. The predicted molar refractivity (Wildman–Crippen MR) is 190 cm³/mol. The van der Waals surface area contributed by atoms with Crippen molar-refractivity contribution in [3.63, 3.8) is 0 Å². The molecule has 0 aliphatic heterocycles. The van der Waals surface area contributed by atoms with Gasteiger partial charge in [0.2, 0.25) is 0 Å². The second kappa shape index (κ2) is 12.1. The third-order valence-electron chi connectivity index (χ3n) is 8.36. The van der Waals surface area contributed by atoms with Crippen LogP contribution in [0.4, 0.5) is 0 Å². The molecule has 3 heteroatoms. The Morgan fingerprint density at radius 2 is 0.870 bits per heavy atom. The van der Waals surface area contributed by atoms with Gasteiger partial charge >= 0.3 is 0 Å². The molecule has 2 heterocycles. The van der Waals surface area contributed by atoms with Crippen LogP contribution in [0.3, 0.4) is 0 Å². The highest BCUT2D eigenvalue weighted by atomic mass is 14.9. The van der Waals surface area contributed by atoms with Crippen LogP contribution in [0.25, 0.3) is 78.2 Å². The summed E-state index contributed by atoms with van der Waals surface area (Å²) in [5, 5.41) is 1.02. The van der Waals surface area contributed by atoms with Crippen LogP contribution in [-0.4, -0.2) is 15.0 Å². The van der Waals surface area contributed by atoms with Crippen LogP contribution in [0.2, 0.25) is 0 Å². The molecule has 46 heavy (non-hydrogen) atoms. The van der Waals surface area contributed by atoms with Gasteiger partial charge in [-0.2, -0.15) is 0 Å². The maximum atomic E-state index is 5.29. The van der Waals surface area contributed by atoms with Gasteiger partial charge in [0.15, 0.2) is 5.82 Å². The fraction of sp³-hybridized carbons (Fsp3) is 0. The highest BCUT2D eigenvalue weighted by Gasteiger charge is 2.18. The van der Waals surface area contributed by atoms with Gasteiger partial charge < -0.3 is 0 Å². The van der Waals surface area contributed by atoms with E-state index < -0.39 is 0 Å². The van der Waals surface area contributed by atoms with Gasteiger partial charge in [-0.1, -0.05) is 146 Å². The van der Waals surface area contributed by atoms with Gasteiger partial charge in [-0.05, 0) is 52.1 Å². The fourth-order valence-corrected chi connectivity index (χ4v) is 5.99. The Kier molecular flexibility index (Phi) is 7.18. The first-order valence-corrected chi connectivity index (χ1v) is 15.4. The zero-order valence-electron chi connectivity index (χ0n) is 25.1. The third-order valence-corrected chi connectivity index (χ3v) is 8.36. The summed E-state index contributed by atoms with van der Waals surface area (Å²) >= 11 is 0. The molecule has 0 saturated carbocycles. The van der Waals surface area contributed by atoms with Gasteiger partial charge in [0, 0.05) is 33.8 Å². The molecule has 0 fully saturated rings. The predicted octanol–water partition coefficient (Wildman–Crippen LogP) is 11.0. The van der Waals surface area contributed by atoms with Crippen molar-refractivity contribution in [3.05, 3.63) is 176 Å². The summed E-state index contributed by atoms with van der Waals surface area (Å²) < 4.78 is 0. The molecular weight excluding hydrogens is 558 g/mol. The van der Waals surface area contributed by atoms with E-state index in [1.54, 1.807) is 0 Å². The van der Waals surface area contributed by atoms with Gasteiger partial charge in [0.1, 0.15) is 0 Å². The van der Waals surface area contributed by atoms with E-state index in [2.05, 4.69) is 151 Å². The van der Waals surface area contributed by atoms with Crippen LogP contribution in [0.15, 0.2) is 176 Å². The molecule has 0 spiro atoms. The molecule has 0 saturated heterocycles. The first kappa shape index (κ1) is 27.4. The van der Waals surface area contributed by atoms with Crippen LogP contribution in [0, 0.1) is 0 Å². The Hall–Kier alpha value is -6.19. The van der Waals surface area contributed by atoms with Crippen molar-refractivity contribution in [2.24, 2.45) is 0 Å². The van der Waals surface area contributed by atoms with Crippen molar-refractivity contribution in [3.8, 4) is 67.3 Å². The first-order chi connectivity index (χ1) is 22.8. The number of hydrogen-bond acceptors (Lipinski definition) is 3. The molecule has 0 unspecified atom stereocenters. The van der Waals surface area contributed by atoms with Crippen molar-refractivity contribution >= 4 is 10.9 Å². The Labute approximate surface area is 268 Å². The van der Waals surface area contributed by atoms with E-state index in [0.29, 0.717) is 5.82 Å². The highest BCUT2D eigenvalue weighted by molar-refractivity contribution is 6.04. The Bertz CT molecular complexity index is 2250. The van der Waals surface area contributed by atoms with E-state index in [9.17, 15) is 0 Å². The summed E-state index contributed by atoms with van der Waals surface area (Å²) in [7, 11) is 0. The van der Waals surface area contributed by atoms with Gasteiger partial charge in [-0.25, -0.2) is 9.97 Å². The lowest BCUT2D eigenvalue weighted by atomic mass is 9.93. The van der Waals surface area contributed by atoms with Crippen LogP contribution in [0.5, 0.6) is 0 Å². The molecule has 6 aromatic carbocycles. The molecule has 216 valence electrons. The lowest BCUT2D eigenvalue weighted by molar-refractivity contribution is 1.23. The second-order valence-corrected chi connectivity index (χ2v) is 11.3. The van der Waals surface area contributed by atoms with Gasteiger partial charge in [-0.3, -0.25) is 4.98 Å².